The van der Waals surface area contributed by atoms with Crippen molar-refractivity contribution in [3.8, 4) is 5.75 Å². The smallest absolute Gasteiger partial charge is 0.339 e. The maximum absolute atomic E-state index is 11.9. The number of para-hydroxylation sites is 2. The lowest BCUT2D eigenvalue weighted by Gasteiger charge is -2.30. The van der Waals surface area contributed by atoms with Gasteiger partial charge >= 0.3 is 12.0 Å². The molecule has 1 atom stereocenters. The summed E-state index contributed by atoms with van der Waals surface area (Å²) < 4.78 is 12.4. The molecule has 0 bridgehead atoms. The first kappa shape index (κ1) is 19.8. The molecule has 0 saturated heterocycles. The molecule has 0 aliphatic rings. The van der Waals surface area contributed by atoms with E-state index in [4.69, 9.17) is 9.15 Å². The molecule has 1 aromatic heterocycles. The number of aromatic nitrogens is 1. The van der Waals surface area contributed by atoms with Gasteiger partial charge in [0.1, 0.15) is 16.8 Å². The number of fused-ring (bicyclic) bond motifs is 2. The van der Waals surface area contributed by atoms with E-state index in [1.165, 1.54) is 0 Å². The first-order valence-corrected chi connectivity index (χ1v) is 10.2. The largest absolute Gasteiger partial charge is 0.478 e. The van der Waals surface area contributed by atoms with Gasteiger partial charge in [-0.15, -0.1) is 0 Å². The fourth-order valence-corrected chi connectivity index (χ4v) is 3.63. The zero-order valence-electron chi connectivity index (χ0n) is 17.0. The summed E-state index contributed by atoms with van der Waals surface area (Å²) in [5.74, 6) is -0.654. The molecule has 30 heavy (non-hydrogen) atoms. The van der Waals surface area contributed by atoms with E-state index in [1.807, 2.05) is 60.4 Å². The van der Waals surface area contributed by atoms with Crippen molar-refractivity contribution in [2.24, 2.45) is 0 Å². The Hall–Kier alpha value is -3.54. The molecule has 4 rings (SSSR count). The van der Waals surface area contributed by atoms with Crippen LogP contribution in [0, 0.1) is 0 Å². The van der Waals surface area contributed by atoms with Gasteiger partial charge in [-0.3, -0.25) is 4.90 Å². The Balaban J connectivity index is 1.77. The quantitative estimate of drug-likeness (QED) is 0.379. The number of rotatable bonds is 8. The summed E-state index contributed by atoms with van der Waals surface area (Å²) in [7, 11) is 0. The van der Waals surface area contributed by atoms with Gasteiger partial charge in [-0.1, -0.05) is 56.3 Å². The van der Waals surface area contributed by atoms with Gasteiger partial charge in [0.2, 0.25) is 0 Å². The van der Waals surface area contributed by atoms with Gasteiger partial charge in [-0.25, -0.2) is 4.79 Å². The summed E-state index contributed by atoms with van der Waals surface area (Å²) in [6.07, 6.45) is 1.06. The van der Waals surface area contributed by atoms with Crippen molar-refractivity contribution in [1.29, 1.82) is 0 Å². The number of carboxylic acids is 1. The molecule has 0 spiro atoms. The molecule has 3 aromatic carbocycles. The van der Waals surface area contributed by atoms with E-state index in [0.29, 0.717) is 30.3 Å². The van der Waals surface area contributed by atoms with Crippen LogP contribution in [0.2, 0.25) is 0 Å². The molecule has 4 aromatic rings. The molecule has 0 amide bonds. The lowest BCUT2D eigenvalue weighted by atomic mass is 10.1. The van der Waals surface area contributed by atoms with Crippen LogP contribution in [-0.4, -0.2) is 28.8 Å². The molecule has 0 fully saturated rings. The van der Waals surface area contributed by atoms with E-state index in [0.717, 1.165) is 22.7 Å². The zero-order valence-corrected chi connectivity index (χ0v) is 17.0. The lowest BCUT2D eigenvalue weighted by molar-refractivity contribution is 0.0689. The van der Waals surface area contributed by atoms with Gasteiger partial charge in [0.05, 0.1) is 0 Å². The Kier molecular flexibility index (Phi) is 5.57. The standard InChI is InChI=1S/C24H24N2O4/c1-3-15-26(24-25-19-11-7-8-12-20(19)29-24)21(4-2)30-22-17-10-6-5-9-16(17)13-14-18(22)23(27)28/h5-14,21H,3-4,15H2,1-2H3,(H,27,28). The predicted octanol–water partition coefficient (Wildman–Crippen LogP) is 5.71. The second-order valence-corrected chi connectivity index (χ2v) is 7.11. The summed E-state index contributed by atoms with van der Waals surface area (Å²) in [4.78, 5) is 18.5. The second-order valence-electron chi connectivity index (χ2n) is 7.11. The van der Waals surface area contributed by atoms with Crippen LogP contribution >= 0.6 is 0 Å². The second kappa shape index (κ2) is 8.45. The van der Waals surface area contributed by atoms with Crippen LogP contribution in [-0.2, 0) is 0 Å². The lowest BCUT2D eigenvalue weighted by Crippen LogP contribution is -2.40. The molecule has 1 heterocycles. The maximum Gasteiger partial charge on any atom is 0.339 e. The van der Waals surface area contributed by atoms with Crippen molar-refractivity contribution in [1.82, 2.24) is 4.98 Å². The number of hydrogen-bond donors (Lipinski definition) is 1. The average molecular weight is 404 g/mol. The SMILES string of the molecule is CCCN(c1nc2ccccc2o1)C(CC)Oc1c(C(=O)O)ccc2ccccc12. The molecule has 1 N–H and O–H groups in total. The van der Waals surface area contributed by atoms with Gasteiger partial charge < -0.3 is 14.3 Å². The van der Waals surface area contributed by atoms with E-state index in [-0.39, 0.29) is 5.56 Å². The first-order valence-electron chi connectivity index (χ1n) is 10.2. The molecule has 154 valence electrons. The maximum atomic E-state index is 11.9. The Morgan fingerprint density at radius 3 is 2.60 bits per heavy atom. The Morgan fingerprint density at radius 2 is 1.87 bits per heavy atom. The van der Waals surface area contributed by atoms with E-state index in [9.17, 15) is 9.90 Å². The third-order valence-electron chi connectivity index (χ3n) is 5.05. The minimum Gasteiger partial charge on any atom is -0.478 e. The highest BCUT2D eigenvalue weighted by Crippen LogP contribution is 2.33. The van der Waals surface area contributed by atoms with E-state index in [1.54, 1.807) is 12.1 Å². The van der Waals surface area contributed by atoms with Crippen molar-refractivity contribution >= 4 is 33.9 Å². The summed E-state index contributed by atoms with van der Waals surface area (Å²) in [5, 5.41) is 11.4. The highest BCUT2D eigenvalue weighted by molar-refractivity contribution is 6.00. The molecule has 1 unspecified atom stereocenters. The third kappa shape index (κ3) is 3.68. The van der Waals surface area contributed by atoms with Gasteiger partial charge in [-0.05, 0) is 30.0 Å². The molecule has 0 aliphatic carbocycles. The van der Waals surface area contributed by atoms with Gasteiger partial charge in [0.15, 0.2) is 11.8 Å². The van der Waals surface area contributed by atoms with Crippen LogP contribution in [0.4, 0.5) is 6.01 Å². The molecular weight excluding hydrogens is 380 g/mol. The number of anilines is 1. The number of hydrogen-bond acceptors (Lipinski definition) is 5. The minimum absolute atomic E-state index is 0.140. The average Bonchev–Trinajstić information content (AvgIpc) is 3.19. The van der Waals surface area contributed by atoms with Gasteiger partial charge in [0.25, 0.3) is 0 Å². The molecule has 0 saturated carbocycles. The summed E-state index contributed by atoms with van der Waals surface area (Å²) >= 11 is 0. The van der Waals surface area contributed by atoms with Crippen LogP contribution in [0.5, 0.6) is 5.75 Å². The van der Waals surface area contributed by atoms with Crippen molar-refractivity contribution in [3.63, 3.8) is 0 Å². The van der Waals surface area contributed by atoms with Gasteiger partial charge in [-0.2, -0.15) is 4.98 Å². The summed E-state index contributed by atoms with van der Waals surface area (Å²) in [6.45, 7) is 4.74. The predicted molar refractivity (Wildman–Crippen MR) is 117 cm³/mol. The van der Waals surface area contributed by atoms with Crippen LogP contribution < -0.4 is 9.64 Å². The Bertz CT molecular complexity index is 1150. The molecular formula is C24H24N2O4. The molecule has 6 nitrogen and oxygen atoms in total. The van der Waals surface area contributed by atoms with Crippen molar-refractivity contribution in [3.05, 3.63) is 66.2 Å². The fourth-order valence-electron chi connectivity index (χ4n) is 3.63. The topological polar surface area (TPSA) is 75.8 Å². The van der Waals surface area contributed by atoms with Crippen molar-refractivity contribution in [2.75, 3.05) is 11.4 Å². The number of oxazole rings is 1. The fraction of sp³-hybridized carbons (Fsp3) is 0.250. The summed E-state index contributed by atoms with van der Waals surface area (Å²) in [5.41, 5.74) is 1.63. The summed E-state index contributed by atoms with van der Waals surface area (Å²) in [6, 6.07) is 19.1. The van der Waals surface area contributed by atoms with Crippen molar-refractivity contribution in [2.45, 2.75) is 32.9 Å². The highest BCUT2D eigenvalue weighted by atomic mass is 16.5. The van der Waals surface area contributed by atoms with E-state index >= 15 is 0 Å². The zero-order chi connectivity index (χ0) is 21.1. The van der Waals surface area contributed by atoms with Gasteiger partial charge in [0, 0.05) is 18.4 Å². The van der Waals surface area contributed by atoms with Crippen LogP contribution in [0.15, 0.2) is 65.1 Å². The Morgan fingerprint density at radius 1 is 1.10 bits per heavy atom. The normalized spacial score (nSPS) is 12.2. The molecule has 6 heteroatoms. The van der Waals surface area contributed by atoms with Crippen LogP contribution in [0.1, 0.15) is 37.0 Å². The molecule has 0 radical (unpaired) electrons. The number of ether oxygens (including phenoxy) is 1. The van der Waals surface area contributed by atoms with Crippen LogP contribution in [0.25, 0.3) is 21.9 Å². The monoisotopic (exact) mass is 404 g/mol. The molecule has 0 aliphatic heterocycles. The van der Waals surface area contributed by atoms with E-state index in [2.05, 4.69) is 11.9 Å². The number of carboxylic acid groups (broad SMARTS) is 1. The third-order valence-corrected chi connectivity index (χ3v) is 5.05. The first-order chi connectivity index (χ1) is 14.6. The number of carbonyl (C=O) groups is 1. The number of aromatic carboxylic acids is 1. The highest BCUT2D eigenvalue weighted by Gasteiger charge is 2.26. The minimum atomic E-state index is -1.02. The number of nitrogens with zero attached hydrogens (tertiary/aromatic N) is 2. The number of benzene rings is 3. The van der Waals surface area contributed by atoms with E-state index < -0.39 is 12.2 Å². The van der Waals surface area contributed by atoms with Crippen molar-refractivity contribution < 1.29 is 19.1 Å². The Labute approximate surface area is 174 Å². The van der Waals surface area contributed by atoms with Crippen LogP contribution in [0.3, 0.4) is 0 Å².